The lowest BCUT2D eigenvalue weighted by Crippen LogP contribution is -2.23. The summed E-state index contributed by atoms with van der Waals surface area (Å²) in [4.78, 5) is 9.97. The third kappa shape index (κ3) is 5.47. The maximum absolute atomic E-state index is 9.97. The molecule has 0 amide bonds. The highest BCUT2D eigenvalue weighted by atomic mass is 16.5. The summed E-state index contributed by atoms with van der Waals surface area (Å²) in [5.41, 5.74) is 5.28. The average Bonchev–Trinajstić information content (AvgIpc) is 1.98. The van der Waals surface area contributed by atoms with Crippen LogP contribution in [-0.4, -0.2) is 25.5 Å². The molecule has 58 valence electrons. The highest BCUT2D eigenvalue weighted by Gasteiger charge is 1.97. The minimum atomic E-state index is -0.384. The van der Waals surface area contributed by atoms with Crippen molar-refractivity contribution in [2.24, 2.45) is 5.73 Å². The van der Waals surface area contributed by atoms with Gasteiger partial charge >= 0.3 is 0 Å². The molecule has 3 heteroatoms. The van der Waals surface area contributed by atoms with Crippen LogP contribution in [0.2, 0.25) is 0 Å². The van der Waals surface area contributed by atoms with E-state index >= 15 is 0 Å². The Kier molecular flexibility index (Phi) is 6.02. The van der Waals surface area contributed by atoms with Gasteiger partial charge in [-0.3, -0.25) is 0 Å². The molecule has 0 aliphatic carbocycles. The van der Waals surface area contributed by atoms with Crippen molar-refractivity contribution in [1.29, 1.82) is 0 Å². The molecule has 0 radical (unpaired) electrons. The van der Waals surface area contributed by atoms with Gasteiger partial charge in [-0.05, 0) is 6.42 Å². The lowest BCUT2D eigenvalue weighted by Gasteiger charge is -2.02. The number of carbonyl (C=O) groups excluding carboxylic acids is 1. The van der Waals surface area contributed by atoms with E-state index in [2.05, 4.69) is 6.58 Å². The molecule has 0 rings (SSSR count). The smallest absolute Gasteiger partial charge is 0.136 e. The fourth-order valence-electron chi connectivity index (χ4n) is 0.454. The van der Waals surface area contributed by atoms with Gasteiger partial charge in [0.2, 0.25) is 0 Å². The van der Waals surface area contributed by atoms with Crippen molar-refractivity contribution in [3.63, 3.8) is 0 Å². The van der Waals surface area contributed by atoms with Crippen LogP contribution in [0.25, 0.3) is 0 Å². The molecule has 10 heavy (non-hydrogen) atoms. The van der Waals surface area contributed by atoms with Crippen LogP contribution >= 0.6 is 0 Å². The highest BCUT2D eigenvalue weighted by molar-refractivity contribution is 5.56. The molecule has 2 N–H and O–H groups in total. The van der Waals surface area contributed by atoms with Crippen LogP contribution < -0.4 is 5.73 Å². The molecule has 0 aliphatic rings. The first-order valence-electron chi connectivity index (χ1n) is 3.20. The van der Waals surface area contributed by atoms with Crippen LogP contribution in [0.3, 0.4) is 0 Å². The molecule has 3 nitrogen and oxygen atoms in total. The van der Waals surface area contributed by atoms with Crippen LogP contribution in [0, 0.1) is 0 Å². The minimum Gasteiger partial charge on any atom is -0.377 e. The third-order valence-corrected chi connectivity index (χ3v) is 1.01. The maximum Gasteiger partial charge on any atom is 0.136 e. The quantitative estimate of drug-likeness (QED) is 0.326. The lowest BCUT2D eigenvalue weighted by molar-refractivity contribution is -0.109. The number of ether oxygens (including phenoxy) is 1. The Morgan fingerprint density at radius 2 is 2.40 bits per heavy atom. The highest BCUT2D eigenvalue weighted by Crippen LogP contribution is 1.85. The zero-order valence-corrected chi connectivity index (χ0v) is 5.95. The van der Waals surface area contributed by atoms with Gasteiger partial charge in [0.05, 0.1) is 12.6 Å². The van der Waals surface area contributed by atoms with E-state index < -0.39 is 0 Å². The van der Waals surface area contributed by atoms with E-state index in [0.29, 0.717) is 19.6 Å². The van der Waals surface area contributed by atoms with Crippen molar-refractivity contribution in [3.8, 4) is 0 Å². The fraction of sp³-hybridized carbons (Fsp3) is 0.571. The predicted octanol–water partition coefficient (Wildman–Crippen LogP) is 0.105. The normalized spacial score (nSPS) is 12.5. The van der Waals surface area contributed by atoms with Gasteiger partial charge in [-0.25, -0.2) is 0 Å². The summed E-state index contributed by atoms with van der Waals surface area (Å²) >= 11 is 0. The van der Waals surface area contributed by atoms with Gasteiger partial charge in [0, 0.05) is 6.61 Å². The second-order valence-corrected chi connectivity index (χ2v) is 1.95. The van der Waals surface area contributed by atoms with Crippen molar-refractivity contribution >= 4 is 6.29 Å². The lowest BCUT2D eigenvalue weighted by atomic mass is 10.3. The minimum absolute atomic E-state index is 0.384. The van der Waals surface area contributed by atoms with E-state index in [-0.39, 0.29) is 6.04 Å². The van der Waals surface area contributed by atoms with Crippen LogP contribution in [0.5, 0.6) is 0 Å². The molecule has 0 aromatic heterocycles. The molecule has 0 spiro atoms. The van der Waals surface area contributed by atoms with Gasteiger partial charge in [-0.1, -0.05) is 6.08 Å². The Morgan fingerprint density at radius 3 is 2.90 bits per heavy atom. The number of hydrogen-bond donors (Lipinski definition) is 1. The Bertz CT molecular complexity index is 104. The SMILES string of the molecule is C=CCOCCC(N)C=O. The van der Waals surface area contributed by atoms with E-state index in [1.807, 2.05) is 0 Å². The summed E-state index contributed by atoms with van der Waals surface area (Å²) in [7, 11) is 0. The van der Waals surface area contributed by atoms with E-state index in [9.17, 15) is 4.79 Å². The summed E-state index contributed by atoms with van der Waals surface area (Å²) < 4.78 is 5.00. The fourth-order valence-corrected chi connectivity index (χ4v) is 0.454. The van der Waals surface area contributed by atoms with Crippen molar-refractivity contribution < 1.29 is 9.53 Å². The Labute approximate surface area is 60.9 Å². The van der Waals surface area contributed by atoms with Crippen molar-refractivity contribution in [1.82, 2.24) is 0 Å². The van der Waals surface area contributed by atoms with Crippen molar-refractivity contribution in [2.75, 3.05) is 13.2 Å². The molecule has 1 unspecified atom stereocenters. The van der Waals surface area contributed by atoms with Gasteiger partial charge in [0.1, 0.15) is 6.29 Å². The van der Waals surface area contributed by atoms with E-state index in [1.165, 1.54) is 0 Å². The van der Waals surface area contributed by atoms with Gasteiger partial charge in [-0.2, -0.15) is 0 Å². The molecular formula is C7H13NO2. The first-order valence-corrected chi connectivity index (χ1v) is 3.20. The topological polar surface area (TPSA) is 52.3 Å². The Hall–Kier alpha value is -0.670. The van der Waals surface area contributed by atoms with Crippen LogP contribution in [0.4, 0.5) is 0 Å². The van der Waals surface area contributed by atoms with Gasteiger partial charge < -0.3 is 15.3 Å². The predicted molar refractivity (Wildman–Crippen MR) is 39.7 cm³/mol. The molecule has 0 saturated carbocycles. The first-order chi connectivity index (χ1) is 4.81. The monoisotopic (exact) mass is 143 g/mol. The first kappa shape index (κ1) is 9.33. The molecule has 0 heterocycles. The Morgan fingerprint density at radius 1 is 1.70 bits per heavy atom. The molecule has 0 saturated heterocycles. The summed E-state index contributed by atoms with van der Waals surface area (Å²) in [6, 6.07) is -0.384. The number of hydrogen-bond acceptors (Lipinski definition) is 3. The van der Waals surface area contributed by atoms with Gasteiger partial charge in [0.15, 0.2) is 0 Å². The second-order valence-electron chi connectivity index (χ2n) is 1.95. The standard InChI is InChI=1S/C7H13NO2/c1-2-4-10-5-3-7(8)6-9/h2,6-7H,1,3-5,8H2. The maximum atomic E-state index is 9.97. The number of rotatable bonds is 6. The van der Waals surface area contributed by atoms with Crippen LogP contribution in [-0.2, 0) is 9.53 Å². The zero-order valence-electron chi connectivity index (χ0n) is 5.95. The molecule has 0 aromatic carbocycles. The summed E-state index contributed by atoms with van der Waals surface area (Å²) in [6.07, 6.45) is 2.96. The third-order valence-electron chi connectivity index (χ3n) is 1.01. The van der Waals surface area contributed by atoms with E-state index in [1.54, 1.807) is 6.08 Å². The largest absolute Gasteiger partial charge is 0.377 e. The van der Waals surface area contributed by atoms with Crippen molar-refractivity contribution in [3.05, 3.63) is 12.7 Å². The van der Waals surface area contributed by atoms with Gasteiger partial charge in [0.25, 0.3) is 0 Å². The molecule has 1 atom stereocenters. The van der Waals surface area contributed by atoms with E-state index in [0.717, 1.165) is 6.29 Å². The summed E-state index contributed by atoms with van der Waals surface area (Å²) in [5, 5.41) is 0. The molecule has 0 aromatic rings. The number of aldehydes is 1. The number of carbonyl (C=O) groups is 1. The zero-order chi connectivity index (χ0) is 7.82. The molecule has 0 fully saturated rings. The summed E-state index contributed by atoms with van der Waals surface area (Å²) in [5.74, 6) is 0. The van der Waals surface area contributed by atoms with E-state index in [4.69, 9.17) is 10.5 Å². The number of nitrogens with two attached hydrogens (primary N) is 1. The molecular weight excluding hydrogens is 130 g/mol. The van der Waals surface area contributed by atoms with Crippen LogP contribution in [0.15, 0.2) is 12.7 Å². The average molecular weight is 143 g/mol. The molecule has 0 aliphatic heterocycles. The van der Waals surface area contributed by atoms with Crippen LogP contribution in [0.1, 0.15) is 6.42 Å². The molecule has 0 bridgehead atoms. The second kappa shape index (κ2) is 6.45. The van der Waals surface area contributed by atoms with Gasteiger partial charge in [-0.15, -0.1) is 6.58 Å². The summed E-state index contributed by atoms with van der Waals surface area (Å²) in [6.45, 7) is 4.51. The van der Waals surface area contributed by atoms with Crippen molar-refractivity contribution in [2.45, 2.75) is 12.5 Å². The Balaban J connectivity index is 3.02.